The van der Waals surface area contributed by atoms with E-state index in [0.717, 1.165) is 24.2 Å². The highest BCUT2D eigenvalue weighted by atomic mass is 16.3. The number of hydrogen-bond acceptors (Lipinski definition) is 3. The van der Waals surface area contributed by atoms with Gasteiger partial charge in [0.05, 0.1) is 6.10 Å². The highest BCUT2D eigenvalue weighted by Crippen LogP contribution is 2.21. The van der Waals surface area contributed by atoms with Crippen LogP contribution in [-0.2, 0) is 0 Å². The fourth-order valence-corrected chi connectivity index (χ4v) is 2.04. The van der Waals surface area contributed by atoms with Crippen LogP contribution in [-0.4, -0.2) is 30.1 Å². The summed E-state index contributed by atoms with van der Waals surface area (Å²) in [6.45, 7) is 3.45. The first-order valence-electron chi connectivity index (χ1n) is 5.77. The number of benzene rings is 1. The number of aliphatic hydroxyl groups excluding tert-OH is 1. The van der Waals surface area contributed by atoms with Crippen molar-refractivity contribution in [1.29, 1.82) is 0 Å². The number of aliphatic hydroxyl groups is 1. The number of carbonyl (C=O) groups excluding carboxylic acids is 1. The minimum absolute atomic E-state index is 0.174. The van der Waals surface area contributed by atoms with Crippen molar-refractivity contribution in [3.05, 3.63) is 29.8 Å². The van der Waals surface area contributed by atoms with Crippen molar-refractivity contribution in [3.63, 3.8) is 0 Å². The van der Waals surface area contributed by atoms with E-state index >= 15 is 0 Å². The second kappa shape index (κ2) is 4.66. The van der Waals surface area contributed by atoms with Gasteiger partial charge in [-0.05, 0) is 30.7 Å². The van der Waals surface area contributed by atoms with Crippen LogP contribution in [0.4, 0.5) is 5.69 Å². The van der Waals surface area contributed by atoms with Crippen molar-refractivity contribution in [3.8, 4) is 0 Å². The molecule has 3 heteroatoms. The molecular weight excluding hydrogens is 202 g/mol. The molecule has 2 rings (SSSR count). The quantitative estimate of drug-likeness (QED) is 0.789. The molecule has 0 amide bonds. The molecule has 1 aliphatic heterocycles. The summed E-state index contributed by atoms with van der Waals surface area (Å²) in [5, 5.41) is 9.45. The highest BCUT2D eigenvalue weighted by molar-refractivity contribution is 5.96. The molecule has 3 nitrogen and oxygen atoms in total. The second-order valence-electron chi connectivity index (χ2n) is 4.21. The highest BCUT2D eigenvalue weighted by Gasteiger charge is 2.20. The zero-order valence-corrected chi connectivity index (χ0v) is 9.52. The van der Waals surface area contributed by atoms with E-state index in [1.54, 1.807) is 0 Å². The Balaban J connectivity index is 2.10. The van der Waals surface area contributed by atoms with E-state index in [0.29, 0.717) is 13.0 Å². The molecule has 1 atom stereocenters. The summed E-state index contributed by atoms with van der Waals surface area (Å²) in [4.78, 5) is 13.6. The number of nitrogens with zero attached hydrogens (tertiary/aromatic N) is 1. The minimum atomic E-state index is -0.211. The third kappa shape index (κ3) is 2.25. The number of Topliss-reactive ketones (excluding diaryl/α,β-unsaturated/α-hetero) is 1. The lowest BCUT2D eigenvalue weighted by Gasteiger charge is -2.17. The maximum Gasteiger partial charge on any atom is 0.162 e. The van der Waals surface area contributed by atoms with Gasteiger partial charge in [0, 0.05) is 30.8 Å². The van der Waals surface area contributed by atoms with Gasteiger partial charge in [-0.25, -0.2) is 0 Å². The molecule has 1 fully saturated rings. The third-order valence-corrected chi connectivity index (χ3v) is 3.04. The van der Waals surface area contributed by atoms with Crippen LogP contribution in [0.25, 0.3) is 0 Å². The van der Waals surface area contributed by atoms with Gasteiger partial charge in [0.15, 0.2) is 5.78 Å². The Morgan fingerprint density at radius 3 is 2.62 bits per heavy atom. The van der Waals surface area contributed by atoms with E-state index < -0.39 is 0 Å². The molecule has 1 aromatic rings. The molecule has 1 aliphatic rings. The Labute approximate surface area is 95.7 Å². The zero-order valence-electron chi connectivity index (χ0n) is 9.52. The van der Waals surface area contributed by atoms with Crippen molar-refractivity contribution < 1.29 is 9.90 Å². The molecule has 1 N–H and O–H groups in total. The number of carbonyl (C=O) groups is 1. The second-order valence-corrected chi connectivity index (χ2v) is 4.21. The zero-order chi connectivity index (χ0) is 11.5. The lowest BCUT2D eigenvalue weighted by atomic mass is 10.1. The molecule has 0 aliphatic carbocycles. The van der Waals surface area contributed by atoms with Gasteiger partial charge in [0.25, 0.3) is 0 Å². The van der Waals surface area contributed by atoms with Gasteiger partial charge in [0.1, 0.15) is 0 Å². The number of ketones is 1. The van der Waals surface area contributed by atoms with E-state index in [-0.39, 0.29) is 11.9 Å². The van der Waals surface area contributed by atoms with Crippen LogP contribution in [0.3, 0.4) is 0 Å². The van der Waals surface area contributed by atoms with Gasteiger partial charge >= 0.3 is 0 Å². The van der Waals surface area contributed by atoms with Crippen molar-refractivity contribution in [1.82, 2.24) is 0 Å². The molecule has 0 aromatic heterocycles. The fourth-order valence-electron chi connectivity index (χ4n) is 2.04. The molecular formula is C13H17NO2. The van der Waals surface area contributed by atoms with Gasteiger partial charge < -0.3 is 10.0 Å². The Kier molecular flexibility index (Phi) is 3.25. The van der Waals surface area contributed by atoms with Crippen molar-refractivity contribution in [2.75, 3.05) is 18.0 Å². The number of β-amino-alcohol motifs (C(OH)–C–C–N with tert-alkyl or cyclic N) is 1. The smallest absolute Gasteiger partial charge is 0.162 e. The topological polar surface area (TPSA) is 40.5 Å². The van der Waals surface area contributed by atoms with Crippen LogP contribution < -0.4 is 4.90 Å². The molecule has 1 unspecified atom stereocenters. The fraction of sp³-hybridized carbons (Fsp3) is 0.462. The molecule has 0 radical (unpaired) electrons. The summed E-state index contributed by atoms with van der Waals surface area (Å²) in [6.07, 6.45) is 1.16. The largest absolute Gasteiger partial charge is 0.391 e. The summed E-state index contributed by atoms with van der Waals surface area (Å²) in [5.74, 6) is 0.174. The van der Waals surface area contributed by atoms with Crippen molar-refractivity contribution in [2.24, 2.45) is 0 Å². The van der Waals surface area contributed by atoms with E-state index in [9.17, 15) is 9.90 Å². The first-order chi connectivity index (χ1) is 7.70. The summed E-state index contributed by atoms with van der Waals surface area (Å²) < 4.78 is 0. The molecule has 0 saturated carbocycles. The normalized spacial score (nSPS) is 20.1. The predicted octanol–water partition coefficient (Wildman–Crippen LogP) is 1.85. The maximum atomic E-state index is 11.4. The maximum absolute atomic E-state index is 11.4. The molecule has 0 bridgehead atoms. The number of anilines is 1. The van der Waals surface area contributed by atoms with E-state index in [1.165, 1.54) is 0 Å². The standard InChI is InChI=1S/C13H17NO2/c1-2-13(16)10-3-5-11(6-4-10)14-8-7-12(15)9-14/h3-6,12,15H,2,7-9H2,1H3. The van der Waals surface area contributed by atoms with Crippen LogP contribution >= 0.6 is 0 Å². The summed E-state index contributed by atoms with van der Waals surface area (Å²) in [6, 6.07) is 7.65. The summed E-state index contributed by atoms with van der Waals surface area (Å²) in [7, 11) is 0. The van der Waals surface area contributed by atoms with E-state index in [4.69, 9.17) is 0 Å². The number of hydrogen-bond donors (Lipinski definition) is 1. The Morgan fingerprint density at radius 2 is 2.12 bits per heavy atom. The lowest BCUT2D eigenvalue weighted by Crippen LogP contribution is -2.21. The van der Waals surface area contributed by atoms with Crippen LogP contribution in [0.15, 0.2) is 24.3 Å². The Bertz CT molecular complexity index is 372. The summed E-state index contributed by atoms with van der Waals surface area (Å²) in [5.41, 5.74) is 1.86. The average molecular weight is 219 g/mol. The van der Waals surface area contributed by atoms with Crippen LogP contribution in [0.2, 0.25) is 0 Å². The molecule has 1 aromatic carbocycles. The van der Waals surface area contributed by atoms with E-state index in [1.807, 2.05) is 31.2 Å². The molecule has 86 valence electrons. The first kappa shape index (κ1) is 11.1. The van der Waals surface area contributed by atoms with Crippen LogP contribution in [0, 0.1) is 0 Å². The van der Waals surface area contributed by atoms with Crippen molar-refractivity contribution in [2.45, 2.75) is 25.9 Å². The van der Waals surface area contributed by atoms with Gasteiger partial charge in [-0.2, -0.15) is 0 Å². The first-order valence-corrected chi connectivity index (χ1v) is 5.77. The predicted molar refractivity (Wildman–Crippen MR) is 63.9 cm³/mol. The van der Waals surface area contributed by atoms with Crippen molar-refractivity contribution >= 4 is 11.5 Å². The van der Waals surface area contributed by atoms with Crippen LogP contribution in [0.1, 0.15) is 30.1 Å². The summed E-state index contributed by atoms with van der Waals surface area (Å²) >= 11 is 0. The van der Waals surface area contributed by atoms with Gasteiger partial charge in [-0.3, -0.25) is 4.79 Å². The SMILES string of the molecule is CCC(=O)c1ccc(N2CCC(O)C2)cc1. The van der Waals surface area contributed by atoms with Gasteiger partial charge in [-0.1, -0.05) is 6.92 Å². The van der Waals surface area contributed by atoms with Gasteiger partial charge in [0.2, 0.25) is 0 Å². The lowest BCUT2D eigenvalue weighted by molar-refractivity contribution is 0.0988. The molecule has 16 heavy (non-hydrogen) atoms. The third-order valence-electron chi connectivity index (χ3n) is 3.04. The molecule has 0 spiro atoms. The molecule has 1 heterocycles. The monoisotopic (exact) mass is 219 g/mol. The van der Waals surface area contributed by atoms with E-state index in [2.05, 4.69) is 4.90 Å². The average Bonchev–Trinajstić information content (AvgIpc) is 2.75. The van der Waals surface area contributed by atoms with Crippen LogP contribution in [0.5, 0.6) is 0 Å². The Morgan fingerprint density at radius 1 is 1.44 bits per heavy atom. The van der Waals surface area contributed by atoms with Gasteiger partial charge in [-0.15, -0.1) is 0 Å². The molecule has 1 saturated heterocycles. The number of rotatable bonds is 3. The Hall–Kier alpha value is -1.35. The minimum Gasteiger partial charge on any atom is -0.391 e.